The molecule has 2 amide bonds. The van der Waals surface area contributed by atoms with E-state index in [2.05, 4.69) is 0 Å². The Morgan fingerprint density at radius 1 is 1.32 bits per heavy atom. The molecule has 6 heteroatoms. The number of hydrogen-bond donors (Lipinski definition) is 2. The first-order valence-corrected chi connectivity index (χ1v) is 6.79. The SMILES string of the molecule is C[C@@H]1CN(C(=O)N(C)CC2CC(O)C2)C[C@H]1C(=O)O. The maximum absolute atomic E-state index is 12.2. The van der Waals surface area contributed by atoms with Gasteiger partial charge in [0, 0.05) is 26.7 Å². The molecule has 0 bridgehead atoms. The summed E-state index contributed by atoms with van der Waals surface area (Å²) in [5.74, 6) is -0.907. The van der Waals surface area contributed by atoms with Crippen molar-refractivity contribution < 1.29 is 19.8 Å². The van der Waals surface area contributed by atoms with Crippen molar-refractivity contribution in [3.8, 4) is 0 Å². The van der Waals surface area contributed by atoms with E-state index < -0.39 is 11.9 Å². The molecule has 2 N–H and O–H groups in total. The van der Waals surface area contributed by atoms with Crippen LogP contribution in [0.4, 0.5) is 4.79 Å². The standard InChI is InChI=1S/C13H22N2O4/c1-8-5-15(7-11(8)12(17)18)13(19)14(2)6-9-3-10(16)4-9/h8-11,16H,3-7H2,1-2H3,(H,17,18)/t8-,9?,10?,11-/m1/s1. The lowest BCUT2D eigenvalue weighted by Crippen LogP contribution is -2.45. The third-order valence-corrected chi connectivity index (χ3v) is 4.27. The molecular formula is C13H22N2O4. The zero-order chi connectivity index (χ0) is 14.2. The van der Waals surface area contributed by atoms with Gasteiger partial charge in [0.1, 0.15) is 0 Å². The fourth-order valence-electron chi connectivity index (χ4n) is 3.00. The van der Waals surface area contributed by atoms with Crippen LogP contribution in [0, 0.1) is 17.8 Å². The number of carboxylic acids is 1. The van der Waals surface area contributed by atoms with Gasteiger partial charge in [-0.25, -0.2) is 4.79 Å². The molecule has 0 spiro atoms. The van der Waals surface area contributed by atoms with Gasteiger partial charge in [0.2, 0.25) is 0 Å². The first-order valence-electron chi connectivity index (χ1n) is 6.79. The molecule has 2 atom stereocenters. The molecule has 0 aromatic carbocycles. The van der Waals surface area contributed by atoms with Crippen molar-refractivity contribution in [1.82, 2.24) is 9.80 Å². The van der Waals surface area contributed by atoms with Gasteiger partial charge in [-0.05, 0) is 24.7 Å². The van der Waals surface area contributed by atoms with Crippen LogP contribution in [0.25, 0.3) is 0 Å². The summed E-state index contributed by atoms with van der Waals surface area (Å²) in [5, 5.41) is 18.3. The topological polar surface area (TPSA) is 81.1 Å². The minimum atomic E-state index is -0.826. The second-order valence-corrected chi connectivity index (χ2v) is 5.98. The molecule has 2 aliphatic rings. The number of amides is 2. The Morgan fingerprint density at radius 3 is 2.42 bits per heavy atom. The normalized spacial score (nSPS) is 33.9. The minimum Gasteiger partial charge on any atom is -0.481 e. The molecule has 19 heavy (non-hydrogen) atoms. The average Bonchev–Trinajstić information content (AvgIpc) is 2.68. The van der Waals surface area contributed by atoms with E-state index >= 15 is 0 Å². The second-order valence-electron chi connectivity index (χ2n) is 5.98. The van der Waals surface area contributed by atoms with Crippen molar-refractivity contribution in [2.24, 2.45) is 17.8 Å². The van der Waals surface area contributed by atoms with E-state index in [1.165, 1.54) is 0 Å². The van der Waals surface area contributed by atoms with Crippen LogP contribution in [-0.2, 0) is 4.79 Å². The van der Waals surface area contributed by atoms with Crippen molar-refractivity contribution in [3.05, 3.63) is 0 Å². The summed E-state index contributed by atoms with van der Waals surface area (Å²) in [6, 6.07) is -0.100. The van der Waals surface area contributed by atoms with E-state index in [-0.39, 0.29) is 18.1 Å². The Balaban J connectivity index is 1.84. The Bertz CT molecular complexity index is 368. The summed E-state index contributed by atoms with van der Waals surface area (Å²) in [4.78, 5) is 26.5. The van der Waals surface area contributed by atoms with Gasteiger partial charge in [0.15, 0.2) is 0 Å². The highest BCUT2D eigenvalue weighted by molar-refractivity contribution is 5.77. The molecule has 2 rings (SSSR count). The molecular weight excluding hydrogens is 248 g/mol. The highest BCUT2D eigenvalue weighted by atomic mass is 16.4. The van der Waals surface area contributed by atoms with Crippen molar-refractivity contribution in [2.45, 2.75) is 25.9 Å². The van der Waals surface area contributed by atoms with E-state index in [0.29, 0.717) is 25.6 Å². The smallest absolute Gasteiger partial charge is 0.319 e. The van der Waals surface area contributed by atoms with Gasteiger partial charge >= 0.3 is 12.0 Å². The van der Waals surface area contributed by atoms with E-state index in [1.54, 1.807) is 16.8 Å². The molecule has 0 unspecified atom stereocenters. The van der Waals surface area contributed by atoms with Gasteiger partial charge in [-0.1, -0.05) is 6.92 Å². The van der Waals surface area contributed by atoms with Crippen LogP contribution >= 0.6 is 0 Å². The van der Waals surface area contributed by atoms with Crippen LogP contribution in [-0.4, -0.2) is 64.8 Å². The lowest BCUT2D eigenvalue weighted by molar-refractivity contribution is -0.142. The molecule has 6 nitrogen and oxygen atoms in total. The summed E-state index contributed by atoms with van der Waals surface area (Å²) in [6.07, 6.45) is 1.30. The summed E-state index contributed by atoms with van der Waals surface area (Å²) in [5.41, 5.74) is 0. The van der Waals surface area contributed by atoms with Gasteiger partial charge < -0.3 is 20.0 Å². The Hall–Kier alpha value is -1.30. The van der Waals surface area contributed by atoms with Gasteiger partial charge in [-0.2, -0.15) is 0 Å². The number of hydrogen-bond acceptors (Lipinski definition) is 3. The molecule has 1 aliphatic heterocycles. The zero-order valence-electron chi connectivity index (χ0n) is 11.5. The van der Waals surface area contributed by atoms with Crippen LogP contribution in [0.1, 0.15) is 19.8 Å². The Kier molecular flexibility index (Phi) is 3.99. The molecule has 0 aromatic rings. The molecule has 1 saturated heterocycles. The molecule has 1 saturated carbocycles. The van der Waals surface area contributed by atoms with Crippen LogP contribution in [0.3, 0.4) is 0 Å². The monoisotopic (exact) mass is 270 g/mol. The lowest BCUT2D eigenvalue weighted by Gasteiger charge is -2.35. The van der Waals surface area contributed by atoms with Gasteiger partial charge in [0.25, 0.3) is 0 Å². The number of rotatable bonds is 3. The van der Waals surface area contributed by atoms with Gasteiger partial charge in [-0.15, -0.1) is 0 Å². The first kappa shape index (κ1) is 14.1. The number of carboxylic acid groups (broad SMARTS) is 1. The lowest BCUT2D eigenvalue weighted by atomic mass is 9.82. The second kappa shape index (κ2) is 5.36. The van der Waals surface area contributed by atoms with E-state index in [0.717, 1.165) is 12.8 Å². The fraction of sp³-hybridized carbons (Fsp3) is 0.846. The van der Waals surface area contributed by atoms with E-state index in [9.17, 15) is 14.7 Å². The summed E-state index contributed by atoms with van der Waals surface area (Å²) < 4.78 is 0. The Labute approximate surface area is 113 Å². The van der Waals surface area contributed by atoms with Crippen molar-refractivity contribution in [1.29, 1.82) is 0 Å². The molecule has 108 valence electrons. The maximum atomic E-state index is 12.2. The number of carbonyl (C=O) groups is 2. The molecule has 2 fully saturated rings. The summed E-state index contributed by atoms with van der Waals surface area (Å²) in [7, 11) is 1.74. The number of aliphatic carboxylic acids is 1. The van der Waals surface area contributed by atoms with Crippen molar-refractivity contribution in [3.63, 3.8) is 0 Å². The number of aliphatic hydroxyl groups is 1. The number of carbonyl (C=O) groups excluding carboxylic acids is 1. The minimum absolute atomic E-state index is 0.000347. The predicted molar refractivity (Wildman–Crippen MR) is 68.6 cm³/mol. The Morgan fingerprint density at radius 2 is 1.95 bits per heavy atom. The fourth-order valence-corrected chi connectivity index (χ4v) is 3.00. The van der Waals surface area contributed by atoms with Crippen LogP contribution in [0.5, 0.6) is 0 Å². The molecule has 1 aliphatic carbocycles. The van der Waals surface area contributed by atoms with Gasteiger partial charge in [-0.3, -0.25) is 4.79 Å². The number of likely N-dealkylation sites (tertiary alicyclic amines) is 1. The number of urea groups is 1. The average molecular weight is 270 g/mol. The van der Waals surface area contributed by atoms with Crippen LogP contribution in [0.15, 0.2) is 0 Å². The van der Waals surface area contributed by atoms with Crippen LogP contribution < -0.4 is 0 Å². The van der Waals surface area contributed by atoms with Crippen molar-refractivity contribution in [2.75, 3.05) is 26.7 Å². The predicted octanol–water partition coefficient (Wildman–Crippen LogP) is 0.462. The molecule has 0 aromatic heterocycles. The molecule has 0 radical (unpaired) electrons. The highest BCUT2D eigenvalue weighted by Gasteiger charge is 2.38. The van der Waals surface area contributed by atoms with E-state index in [4.69, 9.17) is 5.11 Å². The third-order valence-electron chi connectivity index (χ3n) is 4.27. The maximum Gasteiger partial charge on any atom is 0.319 e. The largest absolute Gasteiger partial charge is 0.481 e. The van der Waals surface area contributed by atoms with E-state index in [1.807, 2.05) is 6.92 Å². The zero-order valence-corrected chi connectivity index (χ0v) is 11.5. The third kappa shape index (κ3) is 3.00. The quantitative estimate of drug-likeness (QED) is 0.780. The highest BCUT2D eigenvalue weighted by Crippen LogP contribution is 2.29. The molecule has 1 heterocycles. The summed E-state index contributed by atoms with van der Waals surface area (Å²) in [6.45, 7) is 3.31. The summed E-state index contributed by atoms with van der Waals surface area (Å²) >= 11 is 0. The van der Waals surface area contributed by atoms with Crippen molar-refractivity contribution >= 4 is 12.0 Å². The van der Waals surface area contributed by atoms with Crippen LogP contribution in [0.2, 0.25) is 0 Å². The number of aliphatic hydroxyl groups excluding tert-OH is 1. The number of nitrogens with zero attached hydrogens (tertiary/aromatic N) is 2. The first-order chi connectivity index (χ1) is 8.88. The van der Waals surface area contributed by atoms with Gasteiger partial charge in [0.05, 0.1) is 12.0 Å².